The number of nitrogens with one attached hydrogen (secondary N) is 4. The fourth-order valence-corrected chi connectivity index (χ4v) is 6.00. The molecule has 4 amide bonds. The van der Waals surface area contributed by atoms with Crippen molar-refractivity contribution in [2.45, 2.75) is 61.9 Å². The van der Waals surface area contributed by atoms with Crippen molar-refractivity contribution in [3.05, 3.63) is 9.81 Å². The first kappa shape index (κ1) is 57.5. The number of aliphatic carboxylic acids is 6. The van der Waals surface area contributed by atoms with E-state index in [1.807, 2.05) is 0 Å². The second-order valence-electron chi connectivity index (χ2n) is 10.6. The van der Waals surface area contributed by atoms with Crippen LogP contribution < -0.4 is 44.2 Å². The van der Waals surface area contributed by atoms with Gasteiger partial charge >= 0.3 is 35.8 Å². The zero-order valence-corrected chi connectivity index (χ0v) is 33.2. The van der Waals surface area contributed by atoms with E-state index in [1.54, 1.807) is 0 Å². The molecule has 0 saturated heterocycles. The van der Waals surface area contributed by atoms with Gasteiger partial charge in [-0.3, -0.25) is 47.9 Å². The molecule has 0 aliphatic carbocycles. The summed E-state index contributed by atoms with van der Waals surface area (Å²) in [6.45, 7) is -1.29. The summed E-state index contributed by atoms with van der Waals surface area (Å²) in [4.78, 5) is 129. The van der Waals surface area contributed by atoms with Crippen molar-refractivity contribution in [1.29, 1.82) is 0 Å². The van der Waals surface area contributed by atoms with E-state index in [0.29, 0.717) is 23.9 Å². The summed E-state index contributed by atoms with van der Waals surface area (Å²) in [5.74, 6) is -10.0. The van der Waals surface area contributed by atoms with Crippen LogP contribution in [0.2, 0.25) is 0 Å². The highest BCUT2D eigenvalue weighted by Crippen LogP contribution is 2.22. The first-order valence-electron chi connectivity index (χ1n) is 15.6. The normalized spacial score (nSPS) is 13.2. The zero-order valence-electron chi connectivity index (χ0n) is 30.0. The van der Waals surface area contributed by atoms with Crippen molar-refractivity contribution < 1.29 is 78.6 Å². The number of carbonyl (C=O) groups excluding carboxylic acids is 4. The average molecular weight is 913 g/mol. The molecule has 0 rings (SSSR count). The standard InChI is InChI=1S/2C10H16N4O7S.C6H12N2O4S2/c2*11-5(10(19)20)1-2-7(15)13-6(4-22-14-21)9(18)12-3-8(16)17;7-3(5(9)10)1-13-14-2-4(8)6(11)12/h2*5-6H,1-4,11H2,(H,12,18)(H,13,15)(H,16,17)(H,19,20);3-4H,1-2,7-8H2,(H,9,10)(H,11,12)/t2*5-,6-;3-,4-/m000/s1. The molecule has 0 fully saturated rings. The van der Waals surface area contributed by atoms with Crippen LogP contribution in [0, 0.1) is 9.81 Å². The van der Waals surface area contributed by atoms with Gasteiger partial charge in [0.05, 0.1) is 0 Å². The van der Waals surface area contributed by atoms with Crippen LogP contribution in [-0.4, -0.2) is 162 Å². The van der Waals surface area contributed by atoms with Crippen LogP contribution >= 0.6 is 45.5 Å². The predicted molar refractivity (Wildman–Crippen MR) is 207 cm³/mol. The lowest BCUT2D eigenvalue weighted by Crippen LogP contribution is -2.49. The van der Waals surface area contributed by atoms with Crippen molar-refractivity contribution in [2.75, 3.05) is 36.1 Å². The molecule has 6 atom stereocenters. The molecule has 18 N–H and O–H groups in total. The quantitative estimate of drug-likeness (QED) is 0.0146. The number of hydrogen-bond donors (Lipinski definition) is 14. The second kappa shape index (κ2) is 34.2. The fourth-order valence-electron chi connectivity index (χ4n) is 2.89. The van der Waals surface area contributed by atoms with Crippen LogP contribution in [0.1, 0.15) is 25.7 Å². The lowest BCUT2D eigenvalue weighted by molar-refractivity contribution is -0.140. The Morgan fingerprint density at radius 1 is 0.483 bits per heavy atom. The predicted octanol–water partition coefficient (Wildman–Crippen LogP) is -4.25. The van der Waals surface area contributed by atoms with E-state index >= 15 is 0 Å². The Kier molecular flexibility index (Phi) is 33.9. The van der Waals surface area contributed by atoms with E-state index < -0.39 is 109 Å². The van der Waals surface area contributed by atoms with Crippen molar-refractivity contribution >= 4 is 105 Å². The molecule has 0 bridgehead atoms. The van der Waals surface area contributed by atoms with Crippen molar-refractivity contribution in [1.82, 2.24) is 21.3 Å². The molecule has 0 aromatic heterocycles. The van der Waals surface area contributed by atoms with Crippen LogP contribution in [-0.2, 0) is 47.9 Å². The summed E-state index contributed by atoms with van der Waals surface area (Å²) in [5, 5.41) is 59.5. The van der Waals surface area contributed by atoms with Gasteiger partial charge in [0.2, 0.25) is 23.6 Å². The number of carboxylic acids is 6. The van der Waals surface area contributed by atoms with Gasteiger partial charge in [0.1, 0.15) is 49.3 Å². The number of nitrogens with zero attached hydrogens (tertiary/aromatic N) is 2. The number of amides is 4. The Labute approximate surface area is 343 Å². The van der Waals surface area contributed by atoms with Crippen molar-refractivity contribution in [3.63, 3.8) is 0 Å². The van der Waals surface area contributed by atoms with Gasteiger partial charge in [-0.15, -0.1) is 9.81 Å². The first-order chi connectivity index (χ1) is 27.0. The lowest BCUT2D eigenvalue weighted by Gasteiger charge is -2.16. The van der Waals surface area contributed by atoms with Gasteiger partial charge in [0.15, 0.2) is 0 Å². The van der Waals surface area contributed by atoms with E-state index in [4.69, 9.17) is 53.6 Å². The van der Waals surface area contributed by atoms with Gasteiger partial charge in [0.25, 0.3) is 0 Å². The van der Waals surface area contributed by atoms with Crippen LogP contribution in [0.3, 0.4) is 0 Å². The maximum Gasteiger partial charge on any atom is 0.322 e. The number of hydrogen-bond acceptors (Lipinski definition) is 22. The Bertz CT molecular complexity index is 1320. The number of carbonyl (C=O) groups is 10. The number of carboxylic acid groups (broad SMARTS) is 6. The summed E-state index contributed by atoms with van der Waals surface area (Å²) >= 11 is 0.955. The Morgan fingerprint density at radius 2 is 0.776 bits per heavy atom. The molecule has 330 valence electrons. The molecule has 0 aliphatic heterocycles. The highest BCUT2D eigenvalue weighted by molar-refractivity contribution is 8.76. The molecular weight excluding hydrogens is 869 g/mol. The Balaban J connectivity index is -0.000000804. The lowest BCUT2D eigenvalue weighted by atomic mass is 10.1. The molecule has 0 heterocycles. The second-order valence-corrected chi connectivity index (χ2v) is 14.7. The molecule has 28 nitrogen and oxygen atoms in total. The topological polar surface area (TPSA) is 503 Å². The summed E-state index contributed by atoms with van der Waals surface area (Å²) < 4.78 is 4.96. The summed E-state index contributed by atoms with van der Waals surface area (Å²) in [5.41, 5.74) is 20.9. The molecule has 0 spiro atoms. The molecule has 58 heavy (non-hydrogen) atoms. The minimum atomic E-state index is -1.27. The summed E-state index contributed by atoms with van der Waals surface area (Å²) in [6, 6.07) is -6.61. The van der Waals surface area contributed by atoms with Crippen LogP contribution in [0.15, 0.2) is 9.16 Å². The van der Waals surface area contributed by atoms with Crippen molar-refractivity contribution in [3.8, 4) is 0 Å². The maximum absolute atomic E-state index is 11.7. The number of nitroso groups, excluding NO2 is 2. The van der Waals surface area contributed by atoms with E-state index in [2.05, 4.69) is 30.4 Å². The molecule has 0 aromatic carbocycles. The SMILES string of the molecule is N[C@@H](CCC(=O)N[C@@H](CSN=O)C(=O)NCC(=O)O)C(=O)O.N[C@@H](CCC(=O)N[C@@H](CSN=O)C(=O)NCC(=O)O)C(=O)O.N[C@@H](CSSC[C@H](N)C(=O)O)C(=O)O. The van der Waals surface area contributed by atoms with Gasteiger partial charge in [-0.1, -0.05) is 21.6 Å². The molecule has 0 aromatic rings. The van der Waals surface area contributed by atoms with Gasteiger partial charge in [-0.25, -0.2) is 0 Å². The summed E-state index contributed by atoms with van der Waals surface area (Å²) in [6.07, 6.45) is -0.752. The molecule has 0 saturated carbocycles. The Morgan fingerprint density at radius 3 is 1.02 bits per heavy atom. The molecule has 0 aliphatic rings. The van der Waals surface area contributed by atoms with Crippen LogP contribution in [0.25, 0.3) is 0 Å². The first-order valence-corrected chi connectivity index (χ1v) is 20.0. The minimum Gasteiger partial charge on any atom is -0.480 e. The van der Waals surface area contributed by atoms with Gasteiger partial charge in [0, 0.05) is 68.9 Å². The largest absolute Gasteiger partial charge is 0.480 e. The fraction of sp³-hybridized carbons (Fsp3) is 0.615. The van der Waals surface area contributed by atoms with E-state index in [1.165, 1.54) is 21.6 Å². The monoisotopic (exact) mass is 912 g/mol. The molecule has 0 radical (unpaired) electrons. The third-order valence-electron chi connectivity index (χ3n) is 5.93. The molecular formula is C26H44N10O18S4. The number of nitrogens with two attached hydrogens (primary N) is 4. The van der Waals surface area contributed by atoms with Crippen LogP contribution in [0.4, 0.5) is 0 Å². The average Bonchev–Trinajstić information content (AvgIpc) is 3.15. The maximum atomic E-state index is 11.7. The molecule has 32 heteroatoms. The van der Waals surface area contributed by atoms with Crippen LogP contribution in [0.5, 0.6) is 0 Å². The Hall–Kier alpha value is -4.86. The minimum absolute atomic E-state index is 0.135. The van der Waals surface area contributed by atoms with Crippen molar-refractivity contribution in [2.24, 2.45) is 32.1 Å². The third-order valence-corrected chi connectivity index (χ3v) is 9.58. The highest BCUT2D eigenvalue weighted by atomic mass is 33.1. The zero-order chi connectivity index (χ0) is 45.4. The number of rotatable bonds is 29. The van der Waals surface area contributed by atoms with Gasteiger partial charge in [-0.05, 0) is 12.8 Å². The highest BCUT2D eigenvalue weighted by Gasteiger charge is 2.24. The smallest absolute Gasteiger partial charge is 0.322 e. The van der Waals surface area contributed by atoms with E-state index in [-0.39, 0.29) is 48.7 Å². The summed E-state index contributed by atoms with van der Waals surface area (Å²) in [7, 11) is 2.41. The third kappa shape index (κ3) is 33.3. The van der Waals surface area contributed by atoms with E-state index in [0.717, 1.165) is 0 Å². The van der Waals surface area contributed by atoms with Gasteiger partial charge < -0.3 is 74.8 Å². The molecule has 0 unspecified atom stereocenters. The van der Waals surface area contributed by atoms with Gasteiger partial charge in [-0.2, -0.15) is 0 Å². The van der Waals surface area contributed by atoms with E-state index in [9.17, 15) is 57.8 Å².